The summed E-state index contributed by atoms with van der Waals surface area (Å²) in [6, 6.07) is 15.7. The summed E-state index contributed by atoms with van der Waals surface area (Å²) in [5, 5.41) is 17.2. The summed E-state index contributed by atoms with van der Waals surface area (Å²) in [6.07, 6.45) is 13.4. The van der Waals surface area contributed by atoms with Crippen molar-refractivity contribution in [3.63, 3.8) is 0 Å². The van der Waals surface area contributed by atoms with Crippen molar-refractivity contribution in [1.82, 2.24) is 44.2 Å². The Morgan fingerprint density at radius 3 is 2.34 bits per heavy atom. The van der Waals surface area contributed by atoms with Gasteiger partial charge in [0, 0.05) is 50.4 Å². The highest BCUT2D eigenvalue weighted by molar-refractivity contribution is 6.03. The Morgan fingerprint density at radius 1 is 0.911 bits per heavy atom. The van der Waals surface area contributed by atoms with Crippen LogP contribution in [0.4, 0.5) is 5.82 Å². The largest absolute Gasteiger partial charge is 0.329 e. The first-order chi connectivity index (χ1) is 27.2. The van der Waals surface area contributed by atoms with Gasteiger partial charge in [0.25, 0.3) is 5.91 Å². The molecule has 3 aliphatic heterocycles. The summed E-state index contributed by atoms with van der Waals surface area (Å²) >= 11 is 0. The predicted octanol–water partition coefficient (Wildman–Crippen LogP) is 5.01. The second-order valence-electron chi connectivity index (χ2n) is 16.5. The van der Waals surface area contributed by atoms with Gasteiger partial charge in [0.1, 0.15) is 6.04 Å². The van der Waals surface area contributed by atoms with Crippen molar-refractivity contribution in [2.45, 2.75) is 89.3 Å². The highest BCUT2D eigenvalue weighted by Gasteiger charge is 2.38. The zero-order chi connectivity index (χ0) is 38.4. The zero-order valence-corrected chi connectivity index (χ0v) is 32.0. The summed E-state index contributed by atoms with van der Waals surface area (Å²) in [7, 11) is 1.77. The van der Waals surface area contributed by atoms with Gasteiger partial charge in [-0.2, -0.15) is 10.2 Å². The van der Waals surface area contributed by atoms with E-state index >= 15 is 0 Å². The molecular formula is C42H50N10O4. The molecule has 1 atom stereocenters. The number of aromatic amines is 1. The van der Waals surface area contributed by atoms with E-state index in [1.807, 2.05) is 18.2 Å². The molecule has 1 aliphatic carbocycles. The van der Waals surface area contributed by atoms with Gasteiger partial charge in [-0.1, -0.05) is 37.1 Å². The van der Waals surface area contributed by atoms with E-state index in [-0.39, 0.29) is 23.9 Å². The maximum atomic E-state index is 13.4. The number of anilines is 1. The van der Waals surface area contributed by atoms with Gasteiger partial charge in [-0.3, -0.25) is 43.7 Å². The van der Waals surface area contributed by atoms with Gasteiger partial charge >= 0.3 is 5.69 Å². The lowest BCUT2D eigenvalue weighted by atomic mass is 9.71. The van der Waals surface area contributed by atoms with E-state index in [0.717, 1.165) is 80.1 Å². The molecule has 3 amide bonds. The van der Waals surface area contributed by atoms with E-state index in [1.54, 1.807) is 33.3 Å². The SMILES string of the molecule is Cn1c(=O)n(C2CCC(=O)NC2=O)c2cccc(CN3CCC4(CCN(Cc5ccc(-n6cc(C(=O)Nc7cc(C8CCCC8)[nH]n7)cn6)cc5)CC4)CC3)c21. The maximum Gasteiger partial charge on any atom is 0.329 e. The van der Waals surface area contributed by atoms with Crippen LogP contribution in [0.5, 0.6) is 0 Å². The number of hydrogen-bond acceptors (Lipinski definition) is 8. The summed E-state index contributed by atoms with van der Waals surface area (Å²) in [6.45, 7) is 5.84. The molecule has 4 aliphatic rings. The maximum absolute atomic E-state index is 13.4. The van der Waals surface area contributed by atoms with Gasteiger partial charge in [-0.25, -0.2) is 9.48 Å². The molecule has 1 unspecified atom stereocenters. The molecule has 4 fully saturated rings. The highest BCUT2D eigenvalue weighted by Crippen LogP contribution is 2.42. The zero-order valence-electron chi connectivity index (χ0n) is 32.0. The van der Waals surface area contributed by atoms with E-state index in [0.29, 0.717) is 29.1 Å². The third-order valence-electron chi connectivity index (χ3n) is 13.0. The van der Waals surface area contributed by atoms with Crippen molar-refractivity contribution < 1.29 is 14.4 Å². The first kappa shape index (κ1) is 36.3. The standard InChI is InChI=1S/C42H50N10O4/c1-48-38-30(7-4-8-34(38)52(41(48)56)35-13-14-37(53)45-40(35)55)26-50-21-17-42(18-22-50)15-19-49(20-16-42)25-28-9-11-32(12-10-28)51-27-31(24-43-51)39(54)44-36-23-33(46-47-36)29-5-2-3-6-29/h4,7-12,23-24,27,29,35H,2-3,5-6,13-22,25-26H2,1H3,(H,45,53,55)(H2,44,46,47,54). The fourth-order valence-electron chi connectivity index (χ4n) is 9.62. The number of likely N-dealkylation sites (tertiary alicyclic amines) is 2. The van der Waals surface area contributed by atoms with Crippen molar-refractivity contribution in [2.24, 2.45) is 12.5 Å². The Kier molecular flexibility index (Phi) is 9.70. The molecule has 3 aromatic heterocycles. The topological polar surface area (TPSA) is 155 Å². The number of aryl methyl sites for hydroxylation is 1. The van der Waals surface area contributed by atoms with Gasteiger partial charge in [0.15, 0.2) is 5.82 Å². The lowest BCUT2D eigenvalue weighted by Gasteiger charge is -2.47. The molecule has 2 aromatic carbocycles. The summed E-state index contributed by atoms with van der Waals surface area (Å²) < 4.78 is 4.97. The second-order valence-corrected chi connectivity index (χ2v) is 16.5. The number of nitrogens with zero attached hydrogens (tertiary/aromatic N) is 7. The quantitative estimate of drug-likeness (QED) is 0.177. The molecule has 1 saturated carbocycles. The Morgan fingerprint density at radius 2 is 1.62 bits per heavy atom. The summed E-state index contributed by atoms with van der Waals surface area (Å²) in [5.41, 5.74) is 6.58. The van der Waals surface area contributed by atoms with E-state index in [1.165, 1.54) is 44.1 Å². The smallest absolute Gasteiger partial charge is 0.305 e. The van der Waals surface area contributed by atoms with Crippen molar-refractivity contribution in [1.29, 1.82) is 0 Å². The van der Waals surface area contributed by atoms with Crippen LogP contribution in [0.3, 0.4) is 0 Å². The fraction of sp³-hybridized carbons (Fsp3) is 0.476. The third-order valence-corrected chi connectivity index (χ3v) is 13.0. The van der Waals surface area contributed by atoms with E-state index < -0.39 is 11.9 Å². The number of carbonyl (C=O) groups is 3. The van der Waals surface area contributed by atoms with Crippen LogP contribution in [0, 0.1) is 5.41 Å². The van der Waals surface area contributed by atoms with Crippen LogP contribution in [0.25, 0.3) is 16.7 Å². The van der Waals surface area contributed by atoms with Gasteiger partial charge in [-0.05, 0) is 106 Å². The van der Waals surface area contributed by atoms with Crippen LogP contribution in [0.15, 0.2) is 65.7 Å². The Labute approximate surface area is 325 Å². The number of amides is 3. The van der Waals surface area contributed by atoms with Crippen LogP contribution in [0.1, 0.15) is 103 Å². The van der Waals surface area contributed by atoms with Crippen LogP contribution < -0.4 is 16.3 Å². The number of para-hydroxylation sites is 1. The highest BCUT2D eigenvalue weighted by atomic mass is 16.2. The van der Waals surface area contributed by atoms with Crippen molar-refractivity contribution >= 4 is 34.6 Å². The number of benzene rings is 2. The number of rotatable bonds is 9. The third kappa shape index (κ3) is 7.11. The Balaban J connectivity index is 0.761. The average Bonchev–Trinajstić information content (AvgIpc) is 4.04. The monoisotopic (exact) mass is 758 g/mol. The predicted molar refractivity (Wildman–Crippen MR) is 211 cm³/mol. The molecule has 3 N–H and O–H groups in total. The number of H-pyrrole nitrogens is 1. The molecule has 56 heavy (non-hydrogen) atoms. The number of piperidine rings is 3. The lowest BCUT2D eigenvalue weighted by molar-refractivity contribution is -0.135. The van der Waals surface area contributed by atoms with Gasteiger partial charge in [0.2, 0.25) is 11.8 Å². The lowest BCUT2D eigenvalue weighted by Crippen LogP contribution is -2.46. The second kappa shape index (κ2) is 15.0. The molecule has 0 radical (unpaired) electrons. The number of carbonyl (C=O) groups excluding carboxylic acids is 3. The number of imide groups is 1. The molecule has 14 nitrogen and oxygen atoms in total. The first-order valence-corrected chi connectivity index (χ1v) is 20.2. The Bertz CT molecular complexity index is 2310. The number of imidazole rings is 1. The minimum Gasteiger partial charge on any atom is -0.305 e. The molecule has 3 saturated heterocycles. The van der Waals surface area contributed by atoms with Crippen LogP contribution in [-0.4, -0.2) is 82.8 Å². The molecule has 292 valence electrons. The molecule has 5 aromatic rings. The van der Waals surface area contributed by atoms with Crippen LogP contribution >= 0.6 is 0 Å². The first-order valence-electron chi connectivity index (χ1n) is 20.2. The normalized spacial score (nSPS) is 20.9. The van der Waals surface area contributed by atoms with Crippen molar-refractivity contribution in [2.75, 3.05) is 31.5 Å². The average molecular weight is 759 g/mol. The molecule has 14 heteroatoms. The van der Waals surface area contributed by atoms with Gasteiger partial charge in [-0.15, -0.1) is 0 Å². The van der Waals surface area contributed by atoms with Crippen LogP contribution in [0.2, 0.25) is 0 Å². The van der Waals surface area contributed by atoms with E-state index in [9.17, 15) is 19.2 Å². The minimum atomic E-state index is -0.681. The minimum absolute atomic E-state index is 0.226. The molecular weight excluding hydrogens is 709 g/mol. The number of aromatic nitrogens is 6. The Hall–Kier alpha value is -5.34. The molecule has 0 bridgehead atoms. The summed E-state index contributed by atoms with van der Waals surface area (Å²) in [5.74, 6) is 0.129. The van der Waals surface area contributed by atoms with Crippen molar-refractivity contribution in [3.8, 4) is 5.69 Å². The number of hydrogen-bond donors (Lipinski definition) is 3. The number of nitrogens with one attached hydrogen (secondary N) is 3. The summed E-state index contributed by atoms with van der Waals surface area (Å²) in [4.78, 5) is 55.9. The van der Waals surface area contributed by atoms with Gasteiger partial charge in [0.05, 0.1) is 28.5 Å². The molecule has 6 heterocycles. The molecule has 9 rings (SSSR count). The van der Waals surface area contributed by atoms with E-state index in [4.69, 9.17) is 0 Å². The van der Waals surface area contributed by atoms with E-state index in [2.05, 4.69) is 66.1 Å². The molecule has 1 spiro atoms. The van der Waals surface area contributed by atoms with Crippen LogP contribution in [-0.2, 0) is 29.7 Å². The fourth-order valence-corrected chi connectivity index (χ4v) is 9.62. The van der Waals surface area contributed by atoms with Gasteiger partial charge < -0.3 is 5.32 Å². The number of fused-ring (bicyclic) bond motifs is 1. The van der Waals surface area contributed by atoms with Crippen molar-refractivity contribution in [3.05, 3.63) is 93.8 Å².